The van der Waals surface area contributed by atoms with E-state index in [4.69, 9.17) is 10.5 Å². The first-order valence-electron chi connectivity index (χ1n) is 6.23. The van der Waals surface area contributed by atoms with Crippen LogP contribution in [0.2, 0.25) is 0 Å². The van der Waals surface area contributed by atoms with Gasteiger partial charge in [-0.3, -0.25) is 0 Å². The second-order valence-corrected chi connectivity index (χ2v) is 5.07. The quantitative estimate of drug-likeness (QED) is 0.620. The van der Waals surface area contributed by atoms with E-state index in [0.29, 0.717) is 0 Å². The summed E-state index contributed by atoms with van der Waals surface area (Å²) in [7, 11) is 0. The van der Waals surface area contributed by atoms with Gasteiger partial charge in [0.15, 0.2) is 0 Å². The molecule has 0 radical (unpaired) electrons. The maximum atomic E-state index is 8.63. The molecule has 0 amide bonds. The van der Waals surface area contributed by atoms with E-state index in [1.54, 1.807) is 17.8 Å². The molecule has 0 bridgehead atoms. The highest BCUT2D eigenvalue weighted by Gasteiger charge is 2.22. The minimum atomic E-state index is 0.106. The summed E-state index contributed by atoms with van der Waals surface area (Å²) in [4.78, 5) is 3.49. The lowest BCUT2D eigenvalue weighted by molar-refractivity contribution is 1.00. The average Bonchev–Trinajstić information content (AvgIpc) is 2.84. The number of benzene rings is 1. The first-order valence-corrected chi connectivity index (χ1v) is 7.05. The highest BCUT2D eigenvalue weighted by molar-refractivity contribution is 8.03. The van der Waals surface area contributed by atoms with Crippen molar-refractivity contribution in [3.63, 3.8) is 0 Å². The van der Waals surface area contributed by atoms with Gasteiger partial charge in [-0.05, 0) is 31.2 Å². The lowest BCUT2D eigenvalue weighted by Gasteiger charge is -2.17. The van der Waals surface area contributed by atoms with Gasteiger partial charge in [-0.25, -0.2) is 0 Å². The van der Waals surface area contributed by atoms with Crippen molar-refractivity contribution in [3.8, 4) is 12.1 Å². The molecule has 1 aromatic carbocycles. The molecule has 2 rings (SSSR count). The lowest BCUT2D eigenvalue weighted by atomic mass is 10.3. The summed E-state index contributed by atoms with van der Waals surface area (Å²) in [5.74, 6) is 0. The molecule has 98 valence electrons. The van der Waals surface area contributed by atoms with Crippen molar-refractivity contribution in [3.05, 3.63) is 59.2 Å². The number of allylic oxidation sites excluding steroid dienone is 5. The lowest BCUT2D eigenvalue weighted by Crippen LogP contribution is -2.16. The first kappa shape index (κ1) is 14.0. The Bertz CT molecular complexity index is 656. The second kappa shape index (κ2) is 6.65. The van der Waals surface area contributed by atoms with E-state index in [1.807, 2.05) is 36.4 Å². The predicted molar refractivity (Wildman–Crippen MR) is 81.9 cm³/mol. The molecule has 4 heteroatoms. The summed E-state index contributed by atoms with van der Waals surface area (Å²) in [6, 6.07) is 11.9. The van der Waals surface area contributed by atoms with Crippen LogP contribution in [0.4, 0.5) is 5.69 Å². The van der Waals surface area contributed by atoms with Gasteiger partial charge in [0.1, 0.15) is 17.7 Å². The monoisotopic (exact) mass is 279 g/mol. The fourth-order valence-corrected chi connectivity index (χ4v) is 3.03. The van der Waals surface area contributed by atoms with E-state index < -0.39 is 0 Å². The van der Waals surface area contributed by atoms with Crippen LogP contribution in [0.25, 0.3) is 0 Å². The van der Waals surface area contributed by atoms with Crippen LogP contribution in [0.5, 0.6) is 0 Å². The molecule has 1 heterocycles. The number of nitrogens with zero attached hydrogens (tertiary/aromatic N) is 3. The maximum Gasteiger partial charge on any atom is 0.129 e. The number of para-hydroxylation sites is 1. The number of nitriles is 2. The Morgan fingerprint density at radius 3 is 2.70 bits per heavy atom. The summed E-state index contributed by atoms with van der Waals surface area (Å²) in [5.41, 5.74) is 1.33. The average molecular weight is 279 g/mol. The van der Waals surface area contributed by atoms with Gasteiger partial charge in [-0.1, -0.05) is 36.0 Å². The Kier molecular flexibility index (Phi) is 4.65. The zero-order valence-corrected chi connectivity index (χ0v) is 11.9. The van der Waals surface area contributed by atoms with Gasteiger partial charge in [0.2, 0.25) is 0 Å². The molecule has 1 aromatic rings. The van der Waals surface area contributed by atoms with E-state index in [0.717, 1.165) is 11.6 Å². The Hall–Kier alpha value is -2.43. The zero-order chi connectivity index (χ0) is 14.4. The molecule has 0 spiro atoms. The third kappa shape index (κ3) is 2.93. The zero-order valence-electron chi connectivity index (χ0n) is 11.1. The molecule has 0 N–H and O–H groups in total. The Morgan fingerprint density at radius 1 is 1.25 bits per heavy atom. The molecule has 0 aliphatic carbocycles. The fourth-order valence-electron chi connectivity index (χ4n) is 1.89. The van der Waals surface area contributed by atoms with Crippen LogP contribution in [0.1, 0.15) is 6.92 Å². The third-order valence-electron chi connectivity index (χ3n) is 2.81. The normalized spacial score (nSPS) is 14.9. The van der Waals surface area contributed by atoms with Crippen LogP contribution in [0, 0.1) is 22.7 Å². The summed E-state index contributed by atoms with van der Waals surface area (Å²) in [6.45, 7) is 3.02. The molecular formula is C16H13N3S. The Labute approximate surface area is 123 Å². The molecule has 1 aliphatic heterocycles. The predicted octanol–water partition coefficient (Wildman–Crippen LogP) is 3.99. The minimum Gasteiger partial charge on any atom is -0.335 e. The topological polar surface area (TPSA) is 50.8 Å². The van der Waals surface area contributed by atoms with Crippen molar-refractivity contribution in [2.24, 2.45) is 0 Å². The van der Waals surface area contributed by atoms with Gasteiger partial charge in [0.05, 0.1) is 10.7 Å². The van der Waals surface area contributed by atoms with Gasteiger partial charge in [-0.2, -0.15) is 10.5 Å². The molecule has 0 saturated carbocycles. The van der Waals surface area contributed by atoms with Gasteiger partial charge >= 0.3 is 0 Å². The van der Waals surface area contributed by atoms with Gasteiger partial charge in [0.25, 0.3) is 0 Å². The fraction of sp³-hybridized carbons (Fsp3) is 0.125. The molecule has 1 aliphatic rings. The number of fused-ring (bicyclic) bond motifs is 1. The summed E-state index contributed by atoms with van der Waals surface area (Å²) in [5, 5.41) is 18.4. The third-order valence-corrected chi connectivity index (χ3v) is 3.94. The van der Waals surface area contributed by atoms with Crippen LogP contribution >= 0.6 is 11.8 Å². The molecule has 0 fully saturated rings. The van der Waals surface area contributed by atoms with Crippen molar-refractivity contribution in [2.75, 3.05) is 11.4 Å². The van der Waals surface area contributed by atoms with Crippen molar-refractivity contribution in [1.29, 1.82) is 10.5 Å². The summed E-state index contributed by atoms with van der Waals surface area (Å²) in [6.07, 6.45) is 7.08. The van der Waals surface area contributed by atoms with E-state index >= 15 is 0 Å². The second-order valence-electron chi connectivity index (χ2n) is 4.01. The summed E-state index contributed by atoms with van der Waals surface area (Å²) >= 11 is 1.72. The number of thioether (sulfide) groups is 1. The van der Waals surface area contributed by atoms with Crippen molar-refractivity contribution < 1.29 is 0 Å². The van der Waals surface area contributed by atoms with Crippen LogP contribution in [0.15, 0.2) is 64.1 Å². The van der Waals surface area contributed by atoms with Gasteiger partial charge in [0, 0.05) is 11.4 Å². The molecule has 0 saturated heterocycles. The molecule has 3 nitrogen and oxygen atoms in total. The largest absolute Gasteiger partial charge is 0.335 e. The van der Waals surface area contributed by atoms with E-state index in [-0.39, 0.29) is 5.57 Å². The Morgan fingerprint density at radius 2 is 2.00 bits per heavy atom. The maximum absolute atomic E-state index is 8.63. The minimum absolute atomic E-state index is 0.106. The van der Waals surface area contributed by atoms with Crippen molar-refractivity contribution >= 4 is 17.4 Å². The molecule has 0 aromatic heterocycles. The van der Waals surface area contributed by atoms with E-state index in [1.165, 1.54) is 16.7 Å². The smallest absolute Gasteiger partial charge is 0.129 e. The number of hydrogen-bond donors (Lipinski definition) is 0. The number of anilines is 1. The first-order chi connectivity index (χ1) is 9.80. The Balaban J connectivity index is 2.18. The summed E-state index contributed by atoms with van der Waals surface area (Å²) < 4.78 is 0. The van der Waals surface area contributed by atoms with E-state index in [2.05, 4.69) is 24.0 Å². The van der Waals surface area contributed by atoms with Gasteiger partial charge < -0.3 is 4.90 Å². The van der Waals surface area contributed by atoms with Gasteiger partial charge in [-0.15, -0.1) is 0 Å². The van der Waals surface area contributed by atoms with Crippen LogP contribution in [-0.2, 0) is 0 Å². The van der Waals surface area contributed by atoms with E-state index in [9.17, 15) is 0 Å². The molecule has 20 heavy (non-hydrogen) atoms. The molecule has 0 unspecified atom stereocenters. The van der Waals surface area contributed by atoms with Crippen LogP contribution in [0.3, 0.4) is 0 Å². The SMILES string of the molecule is CCN1C(=CC=CC=C(C#N)C#N)Sc2ccccc21. The van der Waals surface area contributed by atoms with Crippen molar-refractivity contribution in [2.45, 2.75) is 11.8 Å². The van der Waals surface area contributed by atoms with Crippen LogP contribution < -0.4 is 4.90 Å². The highest BCUT2D eigenvalue weighted by Crippen LogP contribution is 2.45. The number of hydrogen-bond acceptors (Lipinski definition) is 4. The highest BCUT2D eigenvalue weighted by atomic mass is 32.2. The standard InChI is InChI=1S/C16H13N3S/c1-2-19-14-8-4-5-9-15(14)20-16(19)10-6-3-7-13(11-17)12-18/h3-10H,2H2,1H3. The molecular weight excluding hydrogens is 266 g/mol. The van der Waals surface area contributed by atoms with Crippen LogP contribution in [-0.4, -0.2) is 6.54 Å². The number of rotatable bonds is 3. The van der Waals surface area contributed by atoms with Crippen molar-refractivity contribution in [1.82, 2.24) is 0 Å². The molecule has 0 atom stereocenters.